The highest BCUT2D eigenvalue weighted by Crippen LogP contribution is 2.45. The number of pyridine rings is 1. The summed E-state index contributed by atoms with van der Waals surface area (Å²) in [5, 5.41) is 16.4. The van der Waals surface area contributed by atoms with Gasteiger partial charge in [0, 0.05) is 37.5 Å². The summed E-state index contributed by atoms with van der Waals surface area (Å²) >= 11 is 0. The van der Waals surface area contributed by atoms with Gasteiger partial charge in [0.15, 0.2) is 5.82 Å². The van der Waals surface area contributed by atoms with Gasteiger partial charge in [-0.1, -0.05) is 81.4 Å². The first-order valence-electron chi connectivity index (χ1n) is 20.0. The van der Waals surface area contributed by atoms with E-state index in [0.29, 0.717) is 17.8 Å². The molecule has 296 valence electrons. The molecule has 2 saturated carbocycles. The van der Waals surface area contributed by atoms with Crippen molar-refractivity contribution >= 4 is 18.7 Å². The van der Waals surface area contributed by atoms with E-state index < -0.39 is 20.1 Å². The summed E-state index contributed by atoms with van der Waals surface area (Å²) in [6.45, 7) is 9.31. The van der Waals surface area contributed by atoms with Crippen LogP contribution in [0, 0.1) is 0 Å². The van der Waals surface area contributed by atoms with Crippen LogP contribution < -0.4 is 15.1 Å². The van der Waals surface area contributed by atoms with Gasteiger partial charge in [-0.3, -0.25) is 9.58 Å². The first-order chi connectivity index (χ1) is 26.9. The molecule has 9 nitrogen and oxygen atoms in total. The normalized spacial score (nSPS) is 23.6. The lowest BCUT2D eigenvalue weighted by Gasteiger charge is -2.47. The van der Waals surface area contributed by atoms with E-state index in [2.05, 4.69) is 119 Å². The van der Waals surface area contributed by atoms with Gasteiger partial charge in [0.1, 0.15) is 12.4 Å². The molecule has 2 aliphatic carbocycles. The maximum absolute atomic E-state index is 13.1. The quantitative estimate of drug-likeness (QED) is 0.127. The minimum Gasteiger partial charge on any atom is -0.469 e. The number of halogens is 3. The van der Waals surface area contributed by atoms with E-state index in [4.69, 9.17) is 14.3 Å². The van der Waals surface area contributed by atoms with Crippen molar-refractivity contribution in [3.63, 3.8) is 0 Å². The highest BCUT2D eigenvalue weighted by Gasteiger charge is 2.54. The Morgan fingerprint density at radius 3 is 2.11 bits per heavy atom. The van der Waals surface area contributed by atoms with Crippen molar-refractivity contribution in [2.75, 3.05) is 13.1 Å². The molecule has 56 heavy (non-hydrogen) atoms. The molecule has 1 saturated heterocycles. The van der Waals surface area contributed by atoms with Gasteiger partial charge in [-0.25, -0.2) is 4.98 Å². The number of rotatable bonds is 11. The molecule has 0 bridgehead atoms. The third kappa shape index (κ3) is 7.57. The van der Waals surface area contributed by atoms with Crippen LogP contribution in [0.25, 0.3) is 0 Å². The largest absolute Gasteiger partial charge is 0.469 e. The fraction of sp³-hybridized carbons (Fsp3) is 0.488. The van der Waals surface area contributed by atoms with E-state index in [-0.39, 0.29) is 35.6 Å². The molecule has 3 aromatic heterocycles. The Bertz CT molecular complexity index is 2030. The van der Waals surface area contributed by atoms with Gasteiger partial charge in [0.25, 0.3) is 8.32 Å². The van der Waals surface area contributed by atoms with Crippen molar-refractivity contribution in [1.29, 1.82) is 0 Å². The van der Waals surface area contributed by atoms with Crippen LogP contribution in [-0.4, -0.2) is 68.0 Å². The number of aromatic nitrogens is 6. The molecule has 3 fully saturated rings. The maximum Gasteiger partial charge on any atom is 0.416 e. The Balaban J connectivity index is 0.941. The Hall–Kier alpha value is -4.33. The van der Waals surface area contributed by atoms with E-state index in [1.165, 1.54) is 22.4 Å². The zero-order valence-corrected chi connectivity index (χ0v) is 33.7. The zero-order chi connectivity index (χ0) is 39.1. The zero-order valence-electron chi connectivity index (χ0n) is 32.7. The molecule has 0 amide bonds. The van der Waals surface area contributed by atoms with E-state index >= 15 is 0 Å². The average Bonchev–Trinajstić information content (AvgIpc) is 3.91. The van der Waals surface area contributed by atoms with Gasteiger partial charge in [0.2, 0.25) is 5.88 Å². The summed E-state index contributed by atoms with van der Waals surface area (Å²) in [5.41, 5.74) is 0.494. The molecule has 5 aromatic rings. The van der Waals surface area contributed by atoms with Crippen molar-refractivity contribution < 1.29 is 22.3 Å². The number of benzene rings is 2. The summed E-state index contributed by atoms with van der Waals surface area (Å²) in [6, 6.07) is 24.4. The topological polar surface area (TPSA) is 83.1 Å². The van der Waals surface area contributed by atoms with E-state index in [1.807, 2.05) is 11.6 Å². The number of alkyl halides is 3. The highest BCUT2D eigenvalue weighted by atomic mass is 28.4. The van der Waals surface area contributed by atoms with E-state index in [1.54, 1.807) is 0 Å². The smallest absolute Gasteiger partial charge is 0.416 e. The lowest BCUT2D eigenvalue weighted by atomic mass is 9.79. The Morgan fingerprint density at radius 2 is 1.50 bits per heavy atom. The predicted octanol–water partition coefficient (Wildman–Crippen LogP) is 7.80. The molecule has 3 unspecified atom stereocenters. The third-order valence-corrected chi connectivity index (χ3v) is 17.6. The summed E-state index contributed by atoms with van der Waals surface area (Å²) < 4.78 is 57.0. The monoisotopic (exact) mass is 783 g/mol. The Labute approximate surface area is 328 Å². The van der Waals surface area contributed by atoms with Crippen molar-refractivity contribution in [1.82, 2.24) is 34.4 Å². The molecule has 3 atom stereocenters. The van der Waals surface area contributed by atoms with Crippen LogP contribution in [0.15, 0.2) is 91.4 Å². The van der Waals surface area contributed by atoms with Crippen LogP contribution in [0.1, 0.15) is 106 Å². The second-order valence-corrected chi connectivity index (χ2v) is 21.2. The van der Waals surface area contributed by atoms with Crippen LogP contribution >= 0.6 is 0 Å². The van der Waals surface area contributed by atoms with Crippen molar-refractivity contribution in [2.45, 2.75) is 114 Å². The molecule has 0 N–H and O–H groups in total. The molecular weight excluding hydrogens is 732 g/mol. The van der Waals surface area contributed by atoms with Gasteiger partial charge in [-0.05, 0) is 91.0 Å². The first-order valence-corrected chi connectivity index (χ1v) is 21.9. The molecule has 4 heterocycles. The molecule has 13 heteroatoms. The molecular formula is C43H52F3N7O2Si. The first kappa shape index (κ1) is 38.5. The van der Waals surface area contributed by atoms with Gasteiger partial charge in [-0.15, -0.1) is 10.2 Å². The van der Waals surface area contributed by atoms with Crippen LogP contribution in [-0.2, 0) is 24.3 Å². The minimum atomic E-state index is -4.46. The standard InChI is InChI=1S/C43H52F3N7O2Si/c1-42(2,3)56(35-12-7-5-8-13-35,36-14-9-6-10-15-36)55-38-26-34(25-37(38)52-22-11-23-52)53-28-32(27-48-53)30-16-18-31(19-17-30)41-50-49-39(51(41)4)29-54-40-24-33(20-21-47-40)43(44,45)46/h5-10,12-15,20-21,24,27-28,30-31,34,37-38H,11,16-19,22-23,25-26,29H2,1-4H3. The summed E-state index contributed by atoms with van der Waals surface area (Å²) in [5.74, 6) is 1.99. The summed E-state index contributed by atoms with van der Waals surface area (Å²) in [4.78, 5) is 6.57. The summed E-state index contributed by atoms with van der Waals surface area (Å²) in [7, 11) is -0.831. The molecule has 2 aromatic carbocycles. The van der Waals surface area contributed by atoms with Crippen LogP contribution in [0.2, 0.25) is 5.04 Å². The fourth-order valence-corrected chi connectivity index (χ4v) is 14.1. The van der Waals surface area contributed by atoms with Crippen molar-refractivity contribution in [2.24, 2.45) is 7.05 Å². The SMILES string of the molecule is Cn1c(COc2cc(C(F)(F)F)ccn2)nnc1C1CCC(c2cnn(C3CC(O[Si](c4ccccc4)(c4ccccc4)C(C)(C)C)C(N4CCC4)C3)c2)CC1. The predicted molar refractivity (Wildman–Crippen MR) is 211 cm³/mol. The maximum atomic E-state index is 13.1. The number of hydrogen-bond donors (Lipinski definition) is 0. The molecule has 8 rings (SSSR count). The van der Waals surface area contributed by atoms with Gasteiger partial charge in [-0.2, -0.15) is 18.3 Å². The van der Waals surface area contributed by atoms with Crippen molar-refractivity contribution in [3.8, 4) is 5.88 Å². The van der Waals surface area contributed by atoms with Crippen LogP contribution in [0.5, 0.6) is 5.88 Å². The highest BCUT2D eigenvalue weighted by molar-refractivity contribution is 6.99. The summed E-state index contributed by atoms with van der Waals surface area (Å²) in [6.07, 6.45) is 8.28. The number of ether oxygens (including phenoxy) is 1. The van der Waals surface area contributed by atoms with Crippen molar-refractivity contribution in [3.05, 3.63) is 114 Å². The molecule has 0 spiro atoms. The fourth-order valence-electron chi connectivity index (χ4n) is 9.38. The molecule has 1 aliphatic heterocycles. The minimum absolute atomic E-state index is 0.0179. The lowest BCUT2D eigenvalue weighted by Crippen LogP contribution is -2.69. The molecule has 3 aliphatic rings. The second kappa shape index (κ2) is 15.5. The number of likely N-dealkylation sites (tertiary alicyclic amines) is 1. The average molecular weight is 784 g/mol. The van der Waals surface area contributed by atoms with Gasteiger partial charge in [0.05, 0.1) is 23.9 Å². The van der Waals surface area contributed by atoms with E-state index in [9.17, 15) is 13.2 Å². The second-order valence-electron chi connectivity index (χ2n) is 16.9. The Morgan fingerprint density at radius 1 is 0.839 bits per heavy atom. The van der Waals surface area contributed by atoms with Crippen LogP contribution in [0.3, 0.4) is 0 Å². The van der Waals surface area contributed by atoms with E-state index in [0.717, 1.165) is 75.8 Å². The van der Waals surface area contributed by atoms with Gasteiger partial charge >= 0.3 is 6.18 Å². The lowest BCUT2D eigenvalue weighted by molar-refractivity contribution is -0.137. The number of nitrogens with zero attached hydrogens (tertiary/aromatic N) is 7. The van der Waals surface area contributed by atoms with Crippen LogP contribution in [0.4, 0.5) is 13.2 Å². The third-order valence-electron chi connectivity index (χ3n) is 12.5. The number of hydrogen-bond acceptors (Lipinski definition) is 7. The van der Waals surface area contributed by atoms with Gasteiger partial charge < -0.3 is 13.7 Å². The molecule has 0 radical (unpaired) electrons. The Kier molecular flexibility index (Phi) is 10.7.